The Morgan fingerprint density at radius 3 is 2.32 bits per heavy atom. The third kappa shape index (κ3) is 3.92. The lowest BCUT2D eigenvalue weighted by molar-refractivity contribution is -0.234. The molecule has 0 aromatic carbocycles. The van der Waals surface area contributed by atoms with E-state index in [1.807, 2.05) is 0 Å². The van der Waals surface area contributed by atoms with Crippen LogP contribution in [-0.4, -0.2) is 102 Å². The van der Waals surface area contributed by atoms with Gasteiger partial charge in [-0.25, -0.2) is 10.0 Å². The van der Waals surface area contributed by atoms with Gasteiger partial charge < -0.3 is 9.47 Å². The van der Waals surface area contributed by atoms with E-state index in [0.717, 1.165) is 32.9 Å². The van der Waals surface area contributed by atoms with Crippen LogP contribution in [0.4, 0.5) is 0 Å². The fourth-order valence-corrected chi connectivity index (χ4v) is 9.94. The third-order valence-electron chi connectivity index (χ3n) is 8.96. The van der Waals surface area contributed by atoms with E-state index < -0.39 is 0 Å². The van der Waals surface area contributed by atoms with E-state index in [4.69, 9.17) is 9.47 Å². The molecule has 0 radical (unpaired) electrons. The fraction of sp³-hybridized carbons (Fsp3) is 1.00. The molecule has 0 saturated carbocycles. The second-order valence-electron chi connectivity index (χ2n) is 10.4. The van der Waals surface area contributed by atoms with Gasteiger partial charge in [-0.05, 0) is 43.8 Å². The number of ether oxygens (including phenoxy) is 2. The molecule has 0 amide bonds. The SMILES string of the molecule is CC1CN(N2CCSCC2)C(C2CCCCS2)(N2CCOCC2)C1(C)C1CCCCO1. The lowest BCUT2D eigenvalue weighted by Crippen LogP contribution is -2.76. The van der Waals surface area contributed by atoms with Gasteiger partial charge in [0, 0.05) is 61.5 Å². The number of hydrogen-bond acceptors (Lipinski definition) is 7. The zero-order chi connectivity index (χ0) is 21.3. The summed E-state index contributed by atoms with van der Waals surface area (Å²) in [6.45, 7) is 13.6. The molecule has 178 valence electrons. The molecule has 5 aliphatic heterocycles. The van der Waals surface area contributed by atoms with E-state index in [9.17, 15) is 0 Å². The van der Waals surface area contributed by atoms with Crippen molar-refractivity contribution in [1.82, 2.24) is 14.9 Å². The second-order valence-corrected chi connectivity index (χ2v) is 12.9. The Labute approximate surface area is 198 Å². The summed E-state index contributed by atoms with van der Waals surface area (Å²) in [5.41, 5.74) is 0.162. The van der Waals surface area contributed by atoms with E-state index in [1.54, 1.807) is 0 Å². The van der Waals surface area contributed by atoms with Crippen molar-refractivity contribution >= 4 is 23.5 Å². The van der Waals surface area contributed by atoms with Crippen LogP contribution < -0.4 is 0 Å². The van der Waals surface area contributed by atoms with Gasteiger partial charge in [0.05, 0.1) is 19.3 Å². The first-order chi connectivity index (χ1) is 15.2. The first kappa shape index (κ1) is 23.3. The van der Waals surface area contributed by atoms with Gasteiger partial charge in [-0.15, -0.1) is 0 Å². The highest BCUT2D eigenvalue weighted by Crippen LogP contribution is 2.60. The van der Waals surface area contributed by atoms with Crippen molar-refractivity contribution in [2.24, 2.45) is 11.3 Å². The molecule has 0 aromatic rings. The molecule has 5 rings (SSSR count). The maximum Gasteiger partial charge on any atom is 0.108 e. The van der Waals surface area contributed by atoms with Crippen LogP contribution in [0.2, 0.25) is 0 Å². The molecule has 31 heavy (non-hydrogen) atoms. The summed E-state index contributed by atoms with van der Waals surface area (Å²) in [5.74, 6) is 4.46. The van der Waals surface area contributed by atoms with Crippen LogP contribution in [0.1, 0.15) is 52.4 Å². The molecular weight excluding hydrogens is 426 g/mol. The summed E-state index contributed by atoms with van der Waals surface area (Å²) in [4.78, 5) is 2.89. The van der Waals surface area contributed by atoms with E-state index in [-0.39, 0.29) is 11.1 Å². The summed E-state index contributed by atoms with van der Waals surface area (Å²) in [5, 5.41) is 6.34. The zero-order valence-corrected chi connectivity index (χ0v) is 21.4. The molecule has 5 unspecified atom stereocenters. The maximum atomic E-state index is 6.69. The molecular formula is C24H43N3O2S2. The topological polar surface area (TPSA) is 28.2 Å². The molecule has 0 aromatic heterocycles. The first-order valence-corrected chi connectivity index (χ1v) is 15.1. The Morgan fingerprint density at radius 2 is 1.65 bits per heavy atom. The van der Waals surface area contributed by atoms with Gasteiger partial charge in [-0.1, -0.05) is 20.3 Å². The Morgan fingerprint density at radius 1 is 0.871 bits per heavy atom. The molecule has 5 aliphatic rings. The minimum absolute atomic E-state index is 0.0330. The van der Waals surface area contributed by atoms with Crippen molar-refractivity contribution < 1.29 is 9.47 Å². The van der Waals surface area contributed by atoms with Crippen LogP contribution >= 0.6 is 23.5 Å². The Bertz CT molecular complexity index is 569. The molecule has 0 aliphatic carbocycles. The van der Waals surface area contributed by atoms with Gasteiger partial charge in [0.2, 0.25) is 0 Å². The monoisotopic (exact) mass is 469 g/mol. The number of morpholine rings is 1. The minimum atomic E-state index is 0.0330. The van der Waals surface area contributed by atoms with Crippen molar-refractivity contribution in [3.8, 4) is 0 Å². The number of hydrogen-bond donors (Lipinski definition) is 0. The highest BCUT2D eigenvalue weighted by Gasteiger charge is 2.70. The average Bonchev–Trinajstić information content (AvgIpc) is 3.10. The summed E-state index contributed by atoms with van der Waals surface area (Å²) in [6.07, 6.45) is 8.26. The smallest absolute Gasteiger partial charge is 0.108 e. The third-order valence-corrected chi connectivity index (χ3v) is 11.4. The average molecular weight is 470 g/mol. The van der Waals surface area contributed by atoms with Crippen LogP contribution in [0.15, 0.2) is 0 Å². The van der Waals surface area contributed by atoms with Gasteiger partial charge in [0.1, 0.15) is 5.66 Å². The predicted octanol–water partition coefficient (Wildman–Crippen LogP) is 3.79. The highest BCUT2D eigenvalue weighted by molar-refractivity contribution is 8.00. The van der Waals surface area contributed by atoms with E-state index in [2.05, 4.69) is 52.3 Å². The first-order valence-electron chi connectivity index (χ1n) is 12.8. The van der Waals surface area contributed by atoms with Crippen molar-refractivity contribution in [3.05, 3.63) is 0 Å². The predicted molar refractivity (Wildman–Crippen MR) is 132 cm³/mol. The molecule has 5 atom stereocenters. The van der Waals surface area contributed by atoms with Crippen molar-refractivity contribution in [2.75, 3.05) is 69.8 Å². The normalized spacial score (nSPS) is 44.5. The zero-order valence-electron chi connectivity index (χ0n) is 19.7. The van der Waals surface area contributed by atoms with Gasteiger partial charge >= 0.3 is 0 Å². The molecule has 7 heteroatoms. The van der Waals surface area contributed by atoms with Crippen LogP contribution in [0.3, 0.4) is 0 Å². The number of hydrazine groups is 1. The number of nitrogens with zero attached hydrogens (tertiary/aromatic N) is 3. The second kappa shape index (κ2) is 10.0. The molecule has 5 fully saturated rings. The highest BCUT2D eigenvalue weighted by atomic mass is 32.2. The van der Waals surface area contributed by atoms with E-state index >= 15 is 0 Å². The number of rotatable bonds is 4. The number of thioether (sulfide) groups is 2. The molecule has 0 spiro atoms. The van der Waals surface area contributed by atoms with E-state index in [1.165, 1.54) is 75.4 Å². The fourth-order valence-electron chi connectivity index (χ4n) is 7.31. The van der Waals surface area contributed by atoms with Crippen LogP contribution in [0.5, 0.6) is 0 Å². The Balaban J connectivity index is 1.63. The summed E-state index contributed by atoms with van der Waals surface area (Å²) >= 11 is 4.40. The van der Waals surface area contributed by atoms with Gasteiger partial charge in [0.15, 0.2) is 0 Å². The molecule has 5 saturated heterocycles. The largest absolute Gasteiger partial charge is 0.379 e. The standard InChI is InChI=1S/C24H43N3O2S2/c1-20-19-27(26-11-17-30-18-12-26)24(22-8-4-6-16-31-22,25-9-14-28-15-10-25)23(20,2)21-7-3-5-13-29-21/h20-22H,3-19H2,1-2H3. The maximum absolute atomic E-state index is 6.69. The summed E-state index contributed by atoms with van der Waals surface area (Å²) < 4.78 is 12.6. The van der Waals surface area contributed by atoms with Crippen LogP contribution in [0, 0.1) is 11.3 Å². The molecule has 5 nitrogen and oxygen atoms in total. The van der Waals surface area contributed by atoms with Gasteiger partial charge in [-0.2, -0.15) is 23.5 Å². The van der Waals surface area contributed by atoms with Crippen molar-refractivity contribution in [1.29, 1.82) is 0 Å². The van der Waals surface area contributed by atoms with Crippen LogP contribution in [-0.2, 0) is 9.47 Å². The Kier molecular flexibility index (Phi) is 7.51. The summed E-state index contributed by atoms with van der Waals surface area (Å²) in [6, 6.07) is 0. The lowest BCUT2D eigenvalue weighted by Gasteiger charge is -2.63. The molecule has 5 heterocycles. The van der Waals surface area contributed by atoms with Gasteiger partial charge in [-0.3, -0.25) is 4.90 Å². The molecule has 0 bridgehead atoms. The molecule has 0 N–H and O–H groups in total. The Hall–Kier alpha value is 0.500. The summed E-state index contributed by atoms with van der Waals surface area (Å²) in [7, 11) is 0. The quantitative estimate of drug-likeness (QED) is 0.618. The van der Waals surface area contributed by atoms with Gasteiger partial charge in [0.25, 0.3) is 0 Å². The van der Waals surface area contributed by atoms with Crippen LogP contribution in [0.25, 0.3) is 0 Å². The lowest BCUT2D eigenvalue weighted by atomic mass is 9.63. The minimum Gasteiger partial charge on any atom is -0.379 e. The van der Waals surface area contributed by atoms with E-state index in [0.29, 0.717) is 17.3 Å². The van der Waals surface area contributed by atoms with Crippen molar-refractivity contribution in [2.45, 2.75) is 69.4 Å². The van der Waals surface area contributed by atoms with Crippen molar-refractivity contribution in [3.63, 3.8) is 0 Å².